The standard InChI is InChI=1S/C21H36O4/c1-20(2,10-6-8-12-22)16-15-19(25-5)17(14-18(16)24)21(3,4)11-7-9-13-23/h14-15,22-24H,6-13H2,1-5H3. The van der Waals surface area contributed by atoms with Crippen LogP contribution in [0.15, 0.2) is 12.1 Å². The molecule has 0 fully saturated rings. The molecule has 0 saturated heterocycles. The maximum absolute atomic E-state index is 10.7. The molecule has 0 aromatic heterocycles. The molecule has 0 unspecified atom stereocenters. The number of rotatable bonds is 11. The number of ether oxygens (including phenoxy) is 1. The first kappa shape index (κ1) is 21.8. The van der Waals surface area contributed by atoms with E-state index in [9.17, 15) is 5.11 Å². The summed E-state index contributed by atoms with van der Waals surface area (Å²) in [4.78, 5) is 0. The average molecular weight is 353 g/mol. The van der Waals surface area contributed by atoms with Gasteiger partial charge in [-0.25, -0.2) is 0 Å². The van der Waals surface area contributed by atoms with E-state index in [2.05, 4.69) is 27.7 Å². The predicted octanol–water partition coefficient (Wildman–Crippen LogP) is 4.28. The number of hydrogen-bond acceptors (Lipinski definition) is 4. The molecule has 0 bridgehead atoms. The molecule has 0 heterocycles. The summed E-state index contributed by atoms with van der Waals surface area (Å²) in [6.07, 6.45) is 5.22. The average Bonchev–Trinajstić information content (AvgIpc) is 2.54. The van der Waals surface area contributed by atoms with Crippen LogP contribution in [-0.2, 0) is 10.8 Å². The summed E-state index contributed by atoms with van der Waals surface area (Å²) in [6, 6.07) is 3.82. The molecule has 0 aliphatic heterocycles. The van der Waals surface area contributed by atoms with E-state index >= 15 is 0 Å². The minimum atomic E-state index is -0.188. The summed E-state index contributed by atoms with van der Waals surface area (Å²) in [5.41, 5.74) is 1.56. The fraction of sp³-hybridized carbons (Fsp3) is 0.714. The number of phenols is 1. The second kappa shape index (κ2) is 9.44. The molecule has 3 N–H and O–H groups in total. The van der Waals surface area contributed by atoms with E-state index in [0.29, 0.717) is 5.75 Å². The first-order valence-corrected chi connectivity index (χ1v) is 9.33. The zero-order valence-electron chi connectivity index (χ0n) is 16.6. The van der Waals surface area contributed by atoms with Gasteiger partial charge in [0, 0.05) is 24.3 Å². The van der Waals surface area contributed by atoms with Gasteiger partial charge >= 0.3 is 0 Å². The number of aliphatic hydroxyl groups is 2. The summed E-state index contributed by atoms with van der Waals surface area (Å²) < 4.78 is 5.65. The number of benzene rings is 1. The van der Waals surface area contributed by atoms with Crippen LogP contribution in [0.25, 0.3) is 0 Å². The van der Waals surface area contributed by atoms with Crippen molar-refractivity contribution in [1.29, 1.82) is 0 Å². The largest absolute Gasteiger partial charge is 0.508 e. The van der Waals surface area contributed by atoms with Crippen molar-refractivity contribution >= 4 is 0 Å². The van der Waals surface area contributed by atoms with Crippen LogP contribution in [0.4, 0.5) is 0 Å². The fourth-order valence-electron chi connectivity index (χ4n) is 3.44. The lowest BCUT2D eigenvalue weighted by atomic mass is 9.75. The van der Waals surface area contributed by atoms with Gasteiger partial charge in [-0.2, -0.15) is 0 Å². The van der Waals surface area contributed by atoms with Crippen molar-refractivity contribution in [3.63, 3.8) is 0 Å². The summed E-state index contributed by atoms with van der Waals surface area (Å²) >= 11 is 0. The molecule has 1 aromatic rings. The van der Waals surface area contributed by atoms with Crippen molar-refractivity contribution in [3.05, 3.63) is 23.3 Å². The highest BCUT2D eigenvalue weighted by Gasteiger charge is 2.30. The predicted molar refractivity (Wildman–Crippen MR) is 103 cm³/mol. The van der Waals surface area contributed by atoms with E-state index in [-0.39, 0.29) is 24.0 Å². The van der Waals surface area contributed by atoms with Gasteiger partial charge in [-0.3, -0.25) is 0 Å². The third-order valence-corrected chi connectivity index (χ3v) is 5.20. The molecule has 25 heavy (non-hydrogen) atoms. The third-order valence-electron chi connectivity index (χ3n) is 5.20. The summed E-state index contributed by atoms with van der Waals surface area (Å²) in [5.74, 6) is 1.11. The van der Waals surface area contributed by atoms with Crippen molar-refractivity contribution in [2.75, 3.05) is 20.3 Å². The van der Waals surface area contributed by atoms with E-state index in [0.717, 1.165) is 55.4 Å². The quantitative estimate of drug-likeness (QED) is 0.520. The third kappa shape index (κ3) is 5.89. The zero-order valence-corrected chi connectivity index (χ0v) is 16.6. The van der Waals surface area contributed by atoms with Gasteiger partial charge in [-0.15, -0.1) is 0 Å². The highest BCUT2D eigenvalue weighted by Crippen LogP contribution is 2.43. The minimum absolute atomic E-state index is 0.141. The van der Waals surface area contributed by atoms with Crippen molar-refractivity contribution in [2.45, 2.75) is 77.0 Å². The monoisotopic (exact) mass is 352 g/mol. The minimum Gasteiger partial charge on any atom is -0.508 e. The second-order valence-corrected chi connectivity index (χ2v) is 8.20. The van der Waals surface area contributed by atoms with E-state index in [1.807, 2.05) is 12.1 Å². The Labute approximate surface area is 152 Å². The Kier molecular flexibility index (Phi) is 8.23. The topological polar surface area (TPSA) is 69.9 Å². The number of unbranched alkanes of at least 4 members (excludes halogenated alkanes) is 2. The molecule has 1 aromatic carbocycles. The molecule has 0 spiro atoms. The van der Waals surface area contributed by atoms with E-state index in [4.69, 9.17) is 14.9 Å². The Morgan fingerprint density at radius 3 is 1.72 bits per heavy atom. The number of aromatic hydroxyl groups is 1. The number of phenolic OH excluding ortho intramolecular Hbond substituents is 1. The molecule has 144 valence electrons. The van der Waals surface area contributed by atoms with Crippen LogP contribution in [0.2, 0.25) is 0 Å². The van der Waals surface area contributed by atoms with Crippen LogP contribution in [0, 0.1) is 0 Å². The Morgan fingerprint density at radius 1 is 0.800 bits per heavy atom. The maximum atomic E-state index is 10.7. The Bertz CT molecular complexity index is 535. The van der Waals surface area contributed by atoms with Crippen molar-refractivity contribution in [1.82, 2.24) is 0 Å². The Hall–Kier alpha value is -1.26. The first-order valence-electron chi connectivity index (χ1n) is 9.33. The SMILES string of the molecule is COc1cc(C(C)(C)CCCCO)c(O)cc1C(C)(C)CCCCO. The zero-order chi connectivity index (χ0) is 19.1. The number of hydrogen-bond donors (Lipinski definition) is 3. The van der Waals surface area contributed by atoms with Gasteiger partial charge in [0.2, 0.25) is 0 Å². The van der Waals surface area contributed by atoms with Crippen LogP contribution >= 0.6 is 0 Å². The van der Waals surface area contributed by atoms with E-state index in [1.165, 1.54) is 0 Å². The summed E-state index contributed by atoms with van der Waals surface area (Å²) in [7, 11) is 1.67. The van der Waals surface area contributed by atoms with E-state index < -0.39 is 0 Å². The second-order valence-electron chi connectivity index (χ2n) is 8.20. The number of aliphatic hydroxyl groups excluding tert-OH is 2. The van der Waals surface area contributed by atoms with Gasteiger partial charge in [-0.05, 0) is 48.6 Å². The van der Waals surface area contributed by atoms with Crippen molar-refractivity contribution in [3.8, 4) is 11.5 Å². The van der Waals surface area contributed by atoms with Gasteiger partial charge in [0.05, 0.1) is 7.11 Å². The molecule has 1 rings (SSSR count). The smallest absolute Gasteiger partial charge is 0.123 e. The molecule has 0 atom stereocenters. The lowest BCUT2D eigenvalue weighted by molar-refractivity contribution is 0.274. The van der Waals surface area contributed by atoms with Crippen molar-refractivity contribution in [2.24, 2.45) is 0 Å². The molecule has 4 heteroatoms. The fourth-order valence-corrected chi connectivity index (χ4v) is 3.44. The molecule has 0 saturated carbocycles. The Balaban J connectivity index is 3.14. The van der Waals surface area contributed by atoms with Gasteiger partial charge in [0.15, 0.2) is 0 Å². The normalized spacial score (nSPS) is 12.4. The van der Waals surface area contributed by atoms with Crippen LogP contribution in [0.3, 0.4) is 0 Å². The summed E-state index contributed by atoms with van der Waals surface area (Å²) in [5, 5.41) is 28.7. The van der Waals surface area contributed by atoms with Gasteiger partial charge in [0.1, 0.15) is 11.5 Å². The molecule has 0 aliphatic carbocycles. The van der Waals surface area contributed by atoms with Gasteiger partial charge < -0.3 is 20.1 Å². The Morgan fingerprint density at radius 2 is 1.28 bits per heavy atom. The molecule has 0 aliphatic rings. The first-order chi connectivity index (χ1) is 11.7. The molecular formula is C21H36O4. The van der Waals surface area contributed by atoms with Crippen LogP contribution < -0.4 is 4.74 Å². The molecule has 0 radical (unpaired) electrons. The summed E-state index contributed by atoms with van der Waals surface area (Å²) in [6.45, 7) is 8.93. The van der Waals surface area contributed by atoms with Gasteiger partial charge in [-0.1, -0.05) is 40.5 Å². The molecular weight excluding hydrogens is 316 g/mol. The lowest BCUT2D eigenvalue weighted by Crippen LogP contribution is -2.21. The highest BCUT2D eigenvalue weighted by atomic mass is 16.5. The van der Waals surface area contributed by atoms with Crippen LogP contribution in [0.1, 0.15) is 77.3 Å². The molecule has 0 amide bonds. The van der Waals surface area contributed by atoms with Crippen LogP contribution in [0.5, 0.6) is 11.5 Å². The van der Waals surface area contributed by atoms with Crippen LogP contribution in [-0.4, -0.2) is 35.6 Å². The van der Waals surface area contributed by atoms with Gasteiger partial charge in [0.25, 0.3) is 0 Å². The van der Waals surface area contributed by atoms with E-state index in [1.54, 1.807) is 7.11 Å². The van der Waals surface area contributed by atoms with Crippen molar-refractivity contribution < 1.29 is 20.1 Å². The number of methoxy groups -OCH3 is 1. The highest BCUT2D eigenvalue weighted by molar-refractivity contribution is 5.51. The molecule has 4 nitrogen and oxygen atoms in total. The maximum Gasteiger partial charge on any atom is 0.123 e. The lowest BCUT2D eigenvalue weighted by Gasteiger charge is -2.31.